The van der Waals surface area contributed by atoms with Crippen molar-refractivity contribution in [3.05, 3.63) is 88.9 Å². The van der Waals surface area contributed by atoms with Crippen molar-refractivity contribution in [1.29, 1.82) is 0 Å². The summed E-state index contributed by atoms with van der Waals surface area (Å²) in [5.74, 6) is 0. The molecule has 1 fully saturated rings. The maximum Gasteiger partial charge on any atom is 0.0406 e. The number of hydrogen-bond acceptors (Lipinski definition) is 2. The number of benzene rings is 3. The van der Waals surface area contributed by atoms with Gasteiger partial charge >= 0.3 is 0 Å². The molecule has 3 heteroatoms. The fourth-order valence-corrected chi connectivity index (χ4v) is 3.86. The first-order valence-electron chi connectivity index (χ1n) is 9.57. The first-order valence-corrected chi connectivity index (χ1v) is 9.95. The molecule has 27 heavy (non-hydrogen) atoms. The molecule has 0 bridgehead atoms. The van der Waals surface area contributed by atoms with E-state index >= 15 is 0 Å². The van der Waals surface area contributed by atoms with E-state index in [1.54, 1.807) is 0 Å². The highest BCUT2D eigenvalue weighted by molar-refractivity contribution is 6.30. The molecule has 0 radical (unpaired) electrons. The van der Waals surface area contributed by atoms with Gasteiger partial charge in [-0.3, -0.25) is 4.90 Å². The molecular weight excluding hydrogens is 352 g/mol. The Balaban J connectivity index is 1.43. The summed E-state index contributed by atoms with van der Waals surface area (Å²) in [5.41, 5.74) is 6.56. The second-order valence-corrected chi connectivity index (χ2v) is 7.70. The lowest BCUT2D eigenvalue weighted by Crippen LogP contribution is -2.46. The summed E-state index contributed by atoms with van der Waals surface area (Å²) in [6.07, 6.45) is 0. The third-order valence-electron chi connectivity index (χ3n) is 5.34. The SMILES string of the molecule is Cc1ccc(N2CCN(Cc3ccccc3-c3ccc(Cl)cc3)CC2)cc1. The number of anilines is 1. The summed E-state index contributed by atoms with van der Waals surface area (Å²) in [6.45, 7) is 7.45. The van der Waals surface area contributed by atoms with Crippen LogP contribution in [-0.2, 0) is 6.54 Å². The van der Waals surface area contributed by atoms with Crippen molar-refractivity contribution in [1.82, 2.24) is 4.90 Å². The van der Waals surface area contributed by atoms with Crippen molar-refractivity contribution in [2.75, 3.05) is 31.1 Å². The minimum atomic E-state index is 0.781. The predicted octanol–water partition coefficient (Wildman–Crippen LogP) is 5.64. The number of aryl methyl sites for hydroxylation is 1. The van der Waals surface area contributed by atoms with Crippen molar-refractivity contribution in [3.63, 3.8) is 0 Å². The monoisotopic (exact) mass is 376 g/mol. The average Bonchev–Trinajstić information content (AvgIpc) is 2.70. The normalized spacial score (nSPS) is 15.1. The maximum atomic E-state index is 6.05. The van der Waals surface area contributed by atoms with Gasteiger partial charge < -0.3 is 4.90 Å². The van der Waals surface area contributed by atoms with Crippen LogP contribution >= 0.6 is 11.6 Å². The molecule has 4 rings (SSSR count). The average molecular weight is 377 g/mol. The zero-order valence-electron chi connectivity index (χ0n) is 15.7. The van der Waals surface area contributed by atoms with E-state index in [1.165, 1.54) is 27.9 Å². The maximum absolute atomic E-state index is 6.05. The molecule has 0 amide bonds. The predicted molar refractivity (Wildman–Crippen MR) is 116 cm³/mol. The van der Waals surface area contributed by atoms with E-state index in [1.807, 2.05) is 12.1 Å². The third kappa shape index (κ3) is 4.35. The lowest BCUT2D eigenvalue weighted by molar-refractivity contribution is 0.250. The minimum absolute atomic E-state index is 0.781. The Hall–Kier alpha value is -2.29. The molecule has 3 aromatic rings. The molecule has 0 atom stereocenters. The molecule has 2 nitrogen and oxygen atoms in total. The van der Waals surface area contributed by atoms with Crippen LogP contribution in [0.5, 0.6) is 0 Å². The van der Waals surface area contributed by atoms with Gasteiger partial charge in [-0.05, 0) is 47.9 Å². The standard InChI is InChI=1S/C24H25ClN2/c1-19-6-12-23(13-7-19)27-16-14-26(15-17-27)18-21-4-2-3-5-24(21)20-8-10-22(25)11-9-20/h2-13H,14-18H2,1H3. The van der Waals surface area contributed by atoms with Crippen molar-refractivity contribution in [2.24, 2.45) is 0 Å². The minimum Gasteiger partial charge on any atom is -0.369 e. The molecule has 1 heterocycles. The van der Waals surface area contributed by atoms with Gasteiger partial charge in [0.25, 0.3) is 0 Å². The van der Waals surface area contributed by atoms with Crippen LogP contribution in [-0.4, -0.2) is 31.1 Å². The molecule has 3 aromatic carbocycles. The van der Waals surface area contributed by atoms with Crippen molar-refractivity contribution in [2.45, 2.75) is 13.5 Å². The van der Waals surface area contributed by atoms with Crippen molar-refractivity contribution >= 4 is 17.3 Å². The summed E-state index contributed by atoms with van der Waals surface area (Å²) < 4.78 is 0. The molecule has 1 saturated heterocycles. The van der Waals surface area contributed by atoms with Crippen LogP contribution in [0.15, 0.2) is 72.8 Å². The molecule has 0 unspecified atom stereocenters. The molecule has 1 aliphatic heterocycles. The molecule has 0 aromatic heterocycles. The van der Waals surface area contributed by atoms with Crippen molar-refractivity contribution < 1.29 is 0 Å². The summed E-state index contributed by atoms with van der Waals surface area (Å²) >= 11 is 6.05. The number of halogens is 1. The number of hydrogen-bond donors (Lipinski definition) is 0. The zero-order chi connectivity index (χ0) is 18.6. The van der Waals surface area contributed by atoms with Crippen LogP contribution in [0.3, 0.4) is 0 Å². The second kappa shape index (κ2) is 8.16. The summed E-state index contributed by atoms with van der Waals surface area (Å²) in [6, 6.07) is 25.7. The molecule has 0 N–H and O–H groups in total. The van der Waals surface area contributed by atoms with Gasteiger partial charge in [0.1, 0.15) is 0 Å². The summed E-state index contributed by atoms with van der Waals surface area (Å²) in [4.78, 5) is 5.04. The highest BCUT2D eigenvalue weighted by atomic mass is 35.5. The Bertz CT molecular complexity index is 879. The summed E-state index contributed by atoms with van der Waals surface area (Å²) in [7, 11) is 0. The molecule has 138 valence electrons. The fraction of sp³-hybridized carbons (Fsp3) is 0.250. The van der Waals surface area contributed by atoms with Crippen LogP contribution in [0, 0.1) is 6.92 Å². The fourth-order valence-electron chi connectivity index (χ4n) is 3.73. The van der Waals surface area contributed by atoms with Gasteiger partial charge in [-0.1, -0.05) is 65.7 Å². The third-order valence-corrected chi connectivity index (χ3v) is 5.59. The van der Waals surface area contributed by atoms with Gasteiger partial charge in [-0.15, -0.1) is 0 Å². The highest BCUT2D eigenvalue weighted by Gasteiger charge is 2.18. The molecule has 0 aliphatic carbocycles. The van der Waals surface area contributed by atoms with Gasteiger partial charge in [0.2, 0.25) is 0 Å². The Morgan fingerprint density at radius 3 is 2.15 bits per heavy atom. The van der Waals surface area contributed by atoms with E-state index in [0.717, 1.165) is 37.7 Å². The first-order chi connectivity index (χ1) is 13.2. The van der Waals surface area contributed by atoms with E-state index in [9.17, 15) is 0 Å². The molecule has 0 spiro atoms. The Kier molecular flexibility index (Phi) is 5.47. The molecule has 0 saturated carbocycles. The van der Waals surface area contributed by atoms with Gasteiger partial charge in [0.15, 0.2) is 0 Å². The van der Waals surface area contributed by atoms with Crippen LogP contribution in [0.1, 0.15) is 11.1 Å². The van der Waals surface area contributed by atoms with E-state index in [0.29, 0.717) is 0 Å². The number of piperazine rings is 1. The van der Waals surface area contributed by atoms with Crippen molar-refractivity contribution in [3.8, 4) is 11.1 Å². The van der Waals surface area contributed by atoms with Crippen LogP contribution in [0.4, 0.5) is 5.69 Å². The lowest BCUT2D eigenvalue weighted by atomic mass is 9.99. The van der Waals surface area contributed by atoms with Crippen LogP contribution < -0.4 is 4.90 Å². The van der Waals surface area contributed by atoms with Gasteiger partial charge in [0, 0.05) is 43.4 Å². The Labute approximate surface area is 167 Å². The van der Waals surface area contributed by atoms with E-state index in [-0.39, 0.29) is 0 Å². The zero-order valence-corrected chi connectivity index (χ0v) is 16.5. The lowest BCUT2D eigenvalue weighted by Gasteiger charge is -2.36. The first kappa shape index (κ1) is 18.1. The van der Waals surface area contributed by atoms with Crippen LogP contribution in [0.25, 0.3) is 11.1 Å². The molecule has 1 aliphatic rings. The number of nitrogens with zero attached hydrogens (tertiary/aromatic N) is 2. The molecular formula is C24H25ClN2. The van der Waals surface area contributed by atoms with Gasteiger partial charge in [-0.25, -0.2) is 0 Å². The van der Waals surface area contributed by atoms with E-state index < -0.39 is 0 Å². The second-order valence-electron chi connectivity index (χ2n) is 7.26. The Morgan fingerprint density at radius 1 is 0.778 bits per heavy atom. The van der Waals surface area contributed by atoms with E-state index in [2.05, 4.69) is 77.4 Å². The largest absolute Gasteiger partial charge is 0.369 e. The van der Waals surface area contributed by atoms with Gasteiger partial charge in [0.05, 0.1) is 0 Å². The summed E-state index contributed by atoms with van der Waals surface area (Å²) in [5, 5.41) is 0.781. The number of rotatable bonds is 4. The Morgan fingerprint density at radius 2 is 1.44 bits per heavy atom. The smallest absolute Gasteiger partial charge is 0.0406 e. The highest BCUT2D eigenvalue weighted by Crippen LogP contribution is 2.27. The van der Waals surface area contributed by atoms with Gasteiger partial charge in [-0.2, -0.15) is 0 Å². The van der Waals surface area contributed by atoms with E-state index in [4.69, 9.17) is 11.6 Å². The van der Waals surface area contributed by atoms with Crippen LogP contribution in [0.2, 0.25) is 5.02 Å². The topological polar surface area (TPSA) is 6.48 Å². The quantitative estimate of drug-likeness (QED) is 0.581.